The van der Waals surface area contributed by atoms with Gasteiger partial charge in [-0.25, -0.2) is 0 Å². The number of ether oxygens (including phenoxy) is 1. The molecular formula is C15H27ClN4O. The minimum Gasteiger partial charge on any atom is -0.374 e. The summed E-state index contributed by atoms with van der Waals surface area (Å²) in [5.74, 6) is 0. The maximum absolute atomic E-state index is 6.40. The van der Waals surface area contributed by atoms with Crippen LogP contribution in [0.1, 0.15) is 31.7 Å². The van der Waals surface area contributed by atoms with E-state index >= 15 is 0 Å². The first-order chi connectivity index (χ1) is 10.1. The van der Waals surface area contributed by atoms with Crippen molar-refractivity contribution in [2.24, 2.45) is 12.8 Å². The second-order valence-electron chi connectivity index (χ2n) is 5.76. The van der Waals surface area contributed by atoms with E-state index in [1.165, 1.54) is 0 Å². The Morgan fingerprint density at radius 2 is 2.24 bits per heavy atom. The van der Waals surface area contributed by atoms with E-state index in [1.807, 2.05) is 11.7 Å². The van der Waals surface area contributed by atoms with Crippen LogP contribution in [0.2, 0.25) is 5.02 Å². The first kappa shape index (κ1) is 16.7. The molecule has 21 heavy (non-hydrogen) atoms. The molecule has 1 aliphatic heterocycles. The Kier molecular flexibility index (Phi) is 6.05. The van der Waals surface area contributed by atoms with Gasteiger partial charge in [0.2, 0.25) is 0 Å². The fourth-order valence-corrected chi connectivity index (χ4v) is 3.28. The van der Waals surface area contributed by atoms with Crippen LogP contribution in [-0.4, -0.2) is 53.1 Å². The van der Waals surface area contributed by atoms with E-state index in [2.05, 4.69) is 23.8 Å². The summed E-state index contributed by atoms with van der Waals surface area (Å²) in [6, 6.07) is -0.0535. The smallest absolute Gasteiger partial charge is 0.0856 e. The number of morpholine rings is 1. The number of aryl methyl sites for hydroxylation is 2. The van der Waals surface area contributed by atoms with Gasteiger partial charge in [-0.3, -0.25) is 9.58 Å². The lowest BCUT2D eigenvalue weighted by Gasteiger charge is -2.35. The number of hydrogen-bond acceptors (Lipinski definition) is 4. The minimum atomic E-state index is -0.0535. The molecule has 1 aliphatic rings. The maximum Gasteiger partial charge on any atom is 0.0856 e. The van der Waals surface area contributed by atoms with Crippen molar-refractivity contribution in [3.05, 3.63) is 16.4 Å². The highest BCUT2D eigenvalue weighted by atomic mass is 35.5. The highest BCUT2D eigenvalue weighted by Crippen LogP contribution is 2.23. The highest BCUT2D eigenvalue weighted by Gasteiger charge is 2.27. The third kappa shape index (κ3) is 3.97. The number of hydrogen-bond donors (Lipinski definition) is 1. The zero-order chi connectivity index (χ0) is 15.4. The van der Waals surface area contributed by atoms with Crippen LogP contribution in [0.25, 0.3) is 0 Å². The fraction of sp³-hybridized carbons (Fsp3) is 0.800. The van der Waals surface area contributed by atoms with Crippen molar-refractivity contribution in [2.45, 2.75) is 45.3 Å². The molecule has 2 rings (SSSR count). The van der Waals surface area contributed by atoms with Crippen molar-refractivity contribution in [3.8, 4) is 0 Å². The van der Waals surface area contributed by atoms with Crippen LogP contribution in [0.3, 0.4) is 0 Å². The van der Waals surface area contributed by atoms with E-state index in [0.717, 1.165) is 55.5 Å². The van der Waals surface area contributed by atoms with Crippen LogP contribution < -0.4 is 5.73 Å². The van der Waals surface area contributed by atoms with Crippen molar-refractivity contribution >= 4 is 11.6 Å². The molecule has 0 aliphatic carbocycles. The average Bonchev–Trinajstić information content (AvgIpc) is 2.75. The molecule has 1 aromatic heterocycles. The zero-order valence-electron chi connectivity index (χ0n) is 13.3. The fourth-order valence-electron chi connectivity index (χ4n) is 2.91. The summed E-state index contributed by atoms with van der Waals surface area (Å²) < 4.78 is 7.72. The Morgan fingerprint density at radius 3 is 2.86 bits per heavy atom. The van der Waals surface area contributed by atoms with E-state index in [0.29, 0.717) is 6.42 Å². The molecule has 0 amide bonds. The topological polar surface area (TPSA) is 56.3 Å². The van der Waals surface area contributed by atoms with E-state index in [9.17, 15) is 0 Å². The first-order valence-electron chi connectivity index (χ1n) is 7.86. The van der Waals surface area contributed by atoms with Crippen LogP contribution >= 0.6 is 11.6 Å². The van der Waals surface area contributed by atoms with Crippen molar-refractivity contribution in [2.75, 3.05) is 26.2 Å². The molecular weight excluding hydrogens is 288 g/mol. The number of aromatic nitrogens is 2. The number of halogens is 1. The molecule has 1 saturated heterocycles. The molecule has 120 valence electrons. The molecule has 2 N–H and O–H groups in total. The Hall–Kier alpha value is -0.620. The predicted octanol–water partition coefficient (Wildman–Crippen LogP) is 1.62. The van der Waals surface area contributed by atoms with Crippen molar-refractivity contribution in [3.63, 3.8) is 0 Å². The quantitative estimate of drug-likeness (QED) is 0.867. The predicted molar refractivity (Wildman–Crippen MR) is 85.7 cm³/mol. The molecule has 2 unspecified atom stereocenters. The number of nitrogens with zero attached hydrogens (tertiary/aromatic N) is 3. The molecule has 2 heterocycles. The van der Waals surface area contributed by atoms with Crippen LogP contribution in [-0.2, 0) is 24.6 Å². The van der Waals surface area contributed by atoms with Crippen LogP contribution in [0.5, 0.6) is 0 Å². The van der Waals surface area contributed by atoms with Gasteiger partial charge >= 0.3 is 0 Å². The van der Waals surface area contributed by atoms with Gasteiger partial charge in [0.1, 0.15) is 0 Å². The van der Waals surface area contributed by atoms with E-state index in [4.69, 9.17) is 22.1 Å². The van der Waals surface area contributed by atoms with E-state index < -0.39 is 0 Å². The largest absolute Gasteiger partial charge is 0.374 e. The van der Waals surface area contributed by atoms with Gasteiger partial charge in [0, 0.05) is 32.6 Å². The van der Waals surface area contributed by atoms with Gasteiger partial charge in [-0.15, -0.1) is 0 Å². The SMILES string of the molecule is CCCN1CCOC(C(N)Cc2c(Cl)c(CC)nn2C)C1. The Balaban J connectivity index is 2.00. The van der Waals surface area contributed by atoms with Gasteiger partial charge in [0.05, 0.1) is 29.1 Å². The first-order valence-corrected chi connectivity index (χ1v) is 8.24. The molecule has 1 fully saturated rings. The normalized spacial score (nSPS) is 21.7. The van der Waals surface area contributed by atoms with Crippen molar-refractivity contribution in [1.29, 1.82) is 0 Å². The lowest BCUT2D eigenvalue weighted by molar-refractivity contribution is -0.0402. The Morgan fingerprint density at radius 1 is 1.48 bits per heavy atom. The molecule has 5 nitrogen and oxygen atoms in total. The highest BCUT2D eigenvalue weighted by molar-refractivity contribution is 6.31. The van der Waals surface area contributed by atoms with Gasteiger partial charge in [-0.2, -0.15) is 5.10 Å². The lowest BCUT2D eigenvalue weighted by atomic mass is 10.0. The molecule has 6 heteroatoms. The average molecular weight is 315 g/mol. The van der Waals surface area contributed by atoms with Gasteiger partial charge in [0.15, 0.2) is 0 Å². The van der Waals surface area contributed by atoms with Gasteiger partial charge < -0.3 is 10.5 Å². The van der Waals surface area contributed by atoms with Crippen LogP contribution in [0.4, 0.5) is 0 Å². The second kappa shape index (κ2) is 7.58. The molecule has 0 saturated carbocycles. The summed E-state index contributed by atoms with van der Waals surface area (Å²) in [5.41, 5.74) is 8.33. The third-order valence-corrected chi connectivity index (χ3v) is 4.56. The third-order valence-electron chi connectivity index (χ3n) is 4.13. The number of nitrogens with two attached hydrogens (primary N) is 1. The molecule has 1 aromatic rings. The van der Waals surface area contributed by atoms with E-state index in [-0.39, 0.29) is 12.1 Å². The minimum absolute atomic E-state index is 0.0535. The summed E-state index contributed by atoms with van der Waals surface area (Å²) in [6.45, 7) is 8.04. The molecule has 2 atom stereocenters. The van der Waals surface area contributed by atoms with Crippen LogP contribution in [0.15, 0.2) is 0 Å². The summed E-state index contributed by atoms with van der Waals surface area (Å²) in [6.07, 6.45) is 2.77. The van der Waals surface area contributed by atoms with E-state index in [1.54, 1.807) is 0 Å². The summed E-state index contributed by atoms with van der Waals surface area (Å²) in [7, 11) is 1.93. The molecule has 0 spiro atoms. The standard InChI is InChI=1S/C15H27ClN4O/c1-4-6-20-7-8-21-14(10-20)11(17)9-13-15(16)12(5-2)18-19(13)3/h11,14H,4-10,17H2,1-3H3. The van der Waals surface area contributed by atoms with Crippen molar-refractivity contribution < 1.29 is 4.74 Å². The van der Waals surface area contributed by atoms with Gasteiger partial charge in [-0.05, 0) is 19.4 Å². The second-order valence-corrected chi connectivity index (χ2v) is 6.14. The van der Waals surface area contributed by atoms with Crippen molar-refractivity contribution in [1.82, 2.24) is 14.7 Å². The summed E-state index contributed by atoms with van der Waals surface area (Å²) in [5, 5.41) is 5.21. The number of rotatable bonds is 6. The Bertz CT molecular complexity index is 461. The zero-order valence-corrected chi connectivity index (χ0v) is 14.1. The van der Waals surface area contributed by atoms with Crippen LogP contribution in [0, 0.1) is 0 Å². The Labute approximate surface area is 132 Å². The van der Waals surface area contributed by atoms with Gasteiger partial charge in [0.25, 0.3) is 0 Å². The summed E-state index contributed by atoms with van der Waals surface area (Å²) in [4.78, 5) is 2.43. The summed E-state index contributed by atoms with van der Waals surface area (Å²) >= 11 is 6.40. The maximum atomic E-state index is 6.40. The lowest BCUT2D eigenvalue weighted by Crippen LogP contribution is -2.51. The monoisotopic (exact) mass is 314 g/mol. The molecule has 0 aromatic carbocycles. The molecule has 0 radical (unpaired) electrons. The molecule has 0 bridgehead atoms. The van der Waals surface area contributed by atoms with Gasteiger partial charge in [-0.1, -0.05) is 25.4 Å².